The minimum atomic E-state index is 1.15. The summed E-state index contributed by atoms with van der Waals surface area (Å²) >= 11 is 0. The third kappa shape index (κ3) is 7.96. The molecule has 1 N–H and O–H groups in total. The van der Waals surface area contributed by atoms with E-state index in [2.05, 4.69) is 12.2 Å². The highest BCUT2D eigenvalue weighted by Crippen LogP contribution is 1.96. The van der Waals surface area contributed by atoms with Crippen molar-refractivity contribution in [2.75, 3.05) is 6.54 Å². The monoisotopic (exact) mass is 128 g/mol. The molecule has 0 heterocycles. The summed E-state index contributed by atoms with van der Waals surface area (Å²) in [4.78, 5) is 0. The van der Waals surface area contributed by atoms with Crippen molar-refractivity contribution in [3.05, 3.63) is 6.54 Å². The number of rotatable bonds is 6. The molecule has 0 spiro atoms. The van der Waals surface area contributed by atoms with Crippen molar-refractivity contribution in [3.8, 4) is 0 Å². The predicted octanol–water partition coefficient (Wildman–Crippen LogP) is 2.34. The molecule has 0 aliphatic rings. The molecule has 0 saturated carbocycles. The molecule has 9 heavy (non-hydrogen) atoms. The first kappa shape index (κ1) is 8.96. The zero-order valence-electron chi connectivity index (χ0n) is 6.61. The van der Waals surface area contributed by atoms with Crippen LogP contribution in [0.2, 0.25) is 0 Å². The van der Waals surface area contributed by atoms with Gasteiger partial charge in [0.25, 0.3) is 0 Å². The van der Waals surface area contributed by atoms with Gasteiger partial charge in [0, 0.05) is 6.54 Å². The average molecular weight is 128 g/mol. The Morgan fingerprint density at radius 1 is 1.22 bits per heavy atom. The van der Waals surface area contributed by atoms with Gasteiger partial charge in [0.15, 0.2) is 0 Å². The SMILES string of the molecule is C[CH]NCCCCCC. The van der Waals surface area contributed by atoms with Crippen molar-refractivity contribution in [1.82, 2.24) is 5.32 Å². The Hall–Kier alpha value is -0.0400. The summed E-state index contributed by atoms with van der Waals surface area (Å²) in [5, 5.41) is 3.18. The van der Waals surface area contributed by atoms with Gasteiger partial charge in [-0.15, -0.1) is 0 Å². The Bertz CT molecular complexity index is 37.8. The molecule has 0 atom stereocenters. The van der Waals surface area contributed by atoms with Crippen LogP contribution >= 0.6 is 0 Å². The van der Waals surface area contributed by atoms with Crippen LogP contribution in [0.3, 0.4) is 0 Å². The van der Waals surface area contributed by atoms with Gasteiger partial charge >= 0.3 is 0 Å². The van der Waals surface area contributed by atoms with E-state index in [1.807, 2.05) is 13.5 Å². The molecule has 55 valence electrons. The van der Waals surface area contributed by atoms with Gasteiger partial charge in [-0.2, -0.15) is 0 Å². The molecule has 0 amide bonds. The summed E-state index contributed by atoms with van der Waals surface area (Å²) in [6.07, 6.45) is 5.40. The van der Waals surface area contributed by atoms with Gasteiger partial charge < -0.3 is 5.32 Å². The fourth-order valence-corrected chi connectivity index (χ4v) is 0.798. The van der Waals surface area contributed by atoms with Crippen LogP contribution in [0, 0.1) is 6.54 Å². The highest BCUT2D eigenvalue weighted by atomic mass is 14.8. The first-order valence-electron chi connectivity index (χ1n) is 3.93. The van der Waals surface area contributed by atoms with Crippen LogP contribution in [0.4, 0.5) is 0 Å². The molecule has 1 nitrogen and oxygen atoms in total. The Morgan fingerprint density at radius 3 is 2.56 bits per heavy atom. The zero-order chi connectivity index (χ0) is 6.95. The number of hydrogen-bond acceptors (Lipinski definition) is 1. The van der Waals surface area contributed by atoms with Crippen molar-refractivity contribution >= 4 is 0 Å². The topological polar surface area (TPSA) is 12.0 Å². The van der Waals surface area contributed by atoms with Crippen molar-refractivity contribution in [3.63, 3.8) is 0 Å². The summed E-state index contributed by atoms with van der Waals surface area (Å²) < 4.78 is 0. The minimum absolute atomic E-state index is 1.15. The molecule has 0 bridgehead atoms. The number of nitrogens with one attached hydrogen (secondary N) is 1. The summed E-state index contributed by atoms with van der Waals surface area (Å²) in [6, 6.07) is 0. The van der Waals surface area contributed by atoms with Gasteiger partial charge in [0.2, 0.25) is 0 Å². The fourth-order valence-electron chi connectivity index (χ4n) is 0.798. The quantitative estimate of drug-likeness (QED) is 0.541. The second-order valence-corrected chi connectivity index (χ2v) is 2.30. The third-order valence-corrected chi connectivity index (χ3v) is 1.38. The maximum absolute atomic E-state index is 3.18. The molecule has 0 unspecified atom stereocenters. The van der Waals surface area contributed by atoms with Crippen molar-refractivity contribution in [2.24, 2.45) is 0 Å². The third-order valence-electron chi connectivity index (χ3n) is 1.38. The second-order valence-electron chi connectivity index (χ2n) is 2.30. The molecule has 0 aromatic rings. The lowest BCUT2D eigenvalue weighted by Crippen LogP contribution is -2.08. The van der Waals surface area contributed by atoms with E-state index in [9.17, 15) is 0 Å². The Balaban J connectivity index is 2.60. The predicted molar refractivity (Wildman–Crippen MR) is 42.1 cm³/mol. The van der Waals surface area contributed by atoms with Crippen LogP contribution in [0.5, 0.6) is 0 Å². The average Bonchev–Trinajstić information content (AvgIpc) is 1.89. The second kappa shape index (κ2) is 7.96. The van der Waals surface area contributed by atoms with E-state index in [1.54, 1.807) is 0 Å². The lowest BCUT2D eigenvalue weighted by Gasteiger charge is -1.98. The molecule has 0 aliphatic carbocycles. The molecule has 1 radical (unpaired) electrons. The van der Waals surface area contributed by atoms with Gasteiger partial charge in [-0.1, -0.05) is 26.2 Å². The van der Waals surface area contributed by atoms with Crippen molar-refractivity contribution in [1.29, 1.82) is 0 Å². The normalized spacial score (nSPS) is 10.0. The lowest BCUT2D eigenvalue weighted by molar-refractivity contribution is 0.633. The lowest BCUT2D eigenvalue weighted by atomic mass is 10.2. The summed E-state index contributed by atoms with van der Waals surface area (Å²) in [7, 11) is 0. The van der Waals surface area contributed by atoms with E-state index in [1.165, 1.54) is 25.7 Å². The van der Waals surface area contributed by atoms with Crippen LogP contribution in [-0.4, -0.2) is 6.54 Å². The molecular weight excluding hydrogens is 110 g/mol. The van der Waals surface area contributed by atoms with Crippen LogP contribution < -0.4 is 5.32 Å². The molecule has 1 heteroatoms. The van der Waals surface area contributed by atoms with E-state index in [0.29, 0.717) is 0 Å². The van der Waals surface area contributed by atoms with E-state index < -0.39 is 0 Å². The van der Waals surface area contributed by atoms with Crippen LogP contribution in [-0.2, 0) is 0 Å². The van der Waals surface area contributed by atoms with Gasteiger partial charge in [-0.25, -0.2) is 0 Å². The van der Waals surface area contributed by atoms with Crippen molar-refractivity contribution < 1.29 is 0 Å². The zero-order valence-corrected chi connectivity index (χ0v) is 6.61. The Morgan fingerprint density at radius 2 is 2.00 bits per heavy atom. The van der Waals surface area contributed by atoms with E-state index in [0.717, 1.165) is 6.54 Å². The Labute approximate surface area is 58.8 Å². The minimum Gasteiger partial charge on any atom is -0.313 e. The molecule has 0 aliphatic heterocycles. The smallest absolute Gasteiger partial charge is 0.0190 e. The fraction of sp³-hybridized carbons (Fsp3) is 0.875. The standard InChI is InChI=1S/C8H18N/c1-3-5-6-7-8-9-4-2/h4,9H,3,5-8H2,1-2H3. The molecule has 0 saturated heterocycles. The first-order chi connectivity index (χ1) is 4.41. The molecule has 0 fully saturated rings. The first-order valence-corrected chi connectivity index (χ1v) is 3.93. The summed E-state index contributed by atoms with van der Waals surface area (Å²) in [6.45, 7) is 7.42. The highest BCUT2D eigenvalue weighted by molar-refractivity contribution is 4.52. The van der Waals surface area contributed by atoms with Crippen LogP contribution in [0.25, 0.3) is 0 Å². The maximum atomic E-state index is 3.18. The van der Waals surface area contributed by atoms with Gasteiger partial charge in [0.1, 0.15) is 0 Å². The molecular formula is C8H18N. The summed E-state index contributed by atoms with van der Waals surface area (Å²) in [5.74, 6) is 0. The number of unbranched alkanes of at least 4 members (excludes halogenated alkanes) is 3. The van der Waals surface area contributed by atoms with E-state index in [4.69, 9.17) is 0 Å². The van der Waals surface area contributed by atoms with E-state index >= 15 is 0 Å². The largest absolute Gasteiger partial charge is 0.313 e. The molecule has 0 aromatic carbocycles. The Kier molecular flexibility index (Phi) is 7.92. The van der Waals surface area contributed by atoms with Crippen LogP contribution in [0.1, 0.15) is 39.5 Å². The van der Waals surface area contributed by atoms with Crippen molar-refractivity contribution in [2.45, 2.75) is 39.5 Å². The van der Waals surface area contributed by atoms with E-state index in [-0.39, 0.29) is 0 Å². The summed E-state index contributed by atoms with van der Waals surface area (Å²) in [5.41, 5.74) is 0. The maximum Gasteiger partial charge on any atom is 0.0190 e. The van der Waals surface area contributed by atoms with Crippen LogP contribution in [0.15, 0.2) is 0 Å². The number of hydrogen-bond donors (Lipinski definition) is 1. The molecule has 0 aromatic heterocycles. The van der Waals surface area contributed by atoms with Gasteiger partial charge in [-0.3, -0.25) is 0 Å². The highest BCUT2D eigenvalue weighted by Gasteiger charge is 1.84. The molecule has 0 rings (SSSR count). The van der Waals surface area contributed by atoms with Gasteiger partial charge in [-0.05, 0) is 19.9 Å². The van der Waals surface area contributed by atoms with Gasteiger partial charge in [0.05, 0.1) is 0 Å².